The van der Waals surface area contributed by atoms with Gasteiger partial charge in [0, 0.05) is 17.3 Å². The van der Waals surface area contributed by atoms with E-state index < -0.39 is 0 Å². The molecule has 0 spiro atoms. The van der Waals surface area contributed by atoms with Gasteiger partial charge in [-0.25, -0.2) is 4.98 Å². The number of carbonyl (C=O) groups is 1. The summed E-state index contributed by atoms with van der Waals surface area (Å²) in [5.41, 5.74) is 3.75. The van der Waals surface area contributed by atoms with Gasteiger partial charge >= 0.3 is 0 Å². The van der Waals surface area contributed by atoms with Crippen LogP contribution in [0.3, 0.4) is 0 Å². The first-order valence-electron chi connectivity index (χ1n) is 7.79. The zero-order valence-electron chi connectivity index (χ0n) is 13.2. The third kappa shape index (κ3) is 2.90. The predicted octanol–water partition coefficient (Wildman–Crippen LogP) is 4.32. The Morgan fingerprint density at radius 3 is 2.96 bits per heavy atom. The van der Waals surface area contributed by atoms with E-state index in [1.165, 1.54) is 5.56 Å². The van der Waals surface area contributed by atoms with E-state index in [1.54, 1.807) is 17.4 Å². The number of benzene rings is 1. The zero-order valence-corrected chi connectivity index (χ0v) is 14.0. The number of thiophene rings is 1. The monoisotopic (exact) mass is 336 g/mol. The molecular formula is C19H16N2O2S. The summed E-state index contributed by atoms with van der Waals surface area (Å²) in [5.74, 6) is 0.0957. The number of furan rings is 1. The number of hydrogen-bond acceptors (Lipinski definition) is 4. The van der Waals surface area contributed by atoms with Crippen molar-refractivity contribution in [3.05, 3.63) is 64.0 Å². The average Bonchev–Trinajstić information content (AvgIpc) is 3.21. The van der Waals surface area contributed by atoms with Crippen LogP contribution in [0.4, 0.5) is 0 Å². The Morgan fingerprint density at radius 1 is 1.21 bits per heavy atom. The van der Waals surface area contributed by atoms with Gasteiger partial charge in [0.25, 0.3) is 5.91 Å². The first kappa shape index (κ1) is 14.9. The van der Waals surface area contributed by atoms with Crippen LogP contribution in [0.15, 0.2) is 51.6 Å². The number of amides is 1. The predicted molar refractivity (Wildman–Crippen MR) is 96.6 cm³/mol. The number of nitrogens with zero attached hydrogens (tertiary/aromatic N) is 1. The van der Waals surface area contributed by atoms with Crippen LogP contribution in [-0.2, 0) is 6.42 Å². The summed E-state index contributed by atoms with van der Waals surface area (Å²) in [6.45, 7) is 2.61. The quantitative estimate of drug-likeness (QED) is 0.604. The molecule has 0 aliphatic carbocycles. The lowest BCUT2D eigenvalue weighted by atomic mass is 10.1. The molecular weight excluding hydrogens is 320 g/mol. The van der Waals surface area contributed by atoms with Crippen LogP contribution in [0, 0.1) is 6.92 Å². The van der Waals surface area contributed by atoms with Gasteiger partial charge in [0.1, 0.15) is 0 Å². The highest BCUT2D eigenvalue weighted by atomic mass is 32.1. The molecule has 0 fully saturated rings. The molecule has 1 amide bonds. The Labute approximate surface area is 143 Å². The maximum atomic E-state index is 12.3. The summed E-state index contributed by atoms with van der Waals surface area (Å²) in [6, 6.07) is 11.9. The molecule has 4 aromatic rings. The van der Waals surface area contributed by atoms with Crippen molar-refractivity contribution >= 4 is 39.2 Å². The van der Waals surface area contributed by atoms with E-state index >= 15 is 0 Å². The Hall–Kier alpha value is -2.66. The Balaban J connectivity index is 1.55. The van der Waals surface area contributed by atoms with Gasteiger partial charge in [0.2, 0.25) is 5.71 Å². The van der Waals surface area contributed by atoms with E-state index in [9.17, 15) is 4.79 Å². The SMILES string of the molecule is Cc1ccc2cc3cc(C(=O)NCCc4ccsc4)oc3nc2c1. The lowest BCUT2D eigenvalue weighted by Crippen LogP contribution is -2.25. The third-order valence-electron chi connectivity index (χ3n) is 3.96. The van der Waals surface area contributed by atoms with Gasteiger partial charge in [0.15, 0.2) is 5.76 Å². The van der Waals surface area contributed by atoms with Crippen molar-refractivity contribution in [2.24, 2.45) is 0 Å². The summed E-state index contributed by atoms with van der Waals surface area (Å²) in [5, 5.41) is 8.90. The van der Waals surface area contributed by atoms with Crippen molar-refractivity contribution in [2.45, 2.75) is 13.3 Å². The molecule has 24 heavy (non-hydrogen) atoms. The number of nitrogens with one attached hydrogen (secondary N) is 1. The van der Waals surface area contributed by atoms with Gasteiger partial charge in [-0.15, -0.1) is 0 Å². The van der Waals surface area contributed by atoms with E-state index in [0.29, 0.717) is 18.0 Å². The molecule has 0 aliphatic heterocycles. The molecule has 0 unspecified atom stereocenters. The molecule has 0 saturated heterocycles. The lowest BCUT2D eigenvalue weighted by Gasteiger charge is -2.01. The molecule has 0 atom stereocenters. The molecule has 0 saturated carbocycles. The molecule has 0 radical (unpaired) electrons. The van der Waals surface area contributed by atoms with Crippen LogP contribution in [0.1, 0.15) is 21.7 Å². The Kier molecular flexibility index (Phi) is 3.78. The minimum Gasteiger partial charge on any atom is -0.433 e. The Morgan fingerprint density at radius 2 is 2.12 bits per heavy atom. The first-order chi connectivity index (χ1) is 11.7. The van der Waals surface area contributed by atoms with E-state index in [0.717, 1.165) is 28.3 Å². The summed E-state index contributed by atoms with van der Waals surface area (Å²) < 4.78 is 5.64. The van der Waals surface area contributed by atoms with Crippen molar-refractivity contribution in [2.75, 3.05) is 6.54 Å². The van der Waals surface area contributed by atoms with Crippen molar-refractivity contribution in [1.29, 1.82) is 0 Å². The number of pyridine rings is 1. The fourth-order valence-electron chi connectivity index (χ4n) is 2.69. The van der Waals surface area contributed by atoms with Crippen LogP contribution in [0.2, 0.25) is 0 Å². The van der Waals surface area contributed by atoms with Crippen LogP contribution in [0.25, 0.3) is 22.0 Å². The highest BCUT2D eigenvalue weighted by Crippen LogP contribution is 2.23. The molecule has 3 heterocycles. The highest BCUT2D eigenvalue weighted by Gasteiger charge is 2.13. The van der Waals surface area contributed by atoms with Crippen molar-refractivity contribution in [3.63, 3.8) is 0 Å². The van der Waals surface area contributed by atoms with Gasteiger partial charge in [-0.3, -0.25) is 4.79 Å². The van der Waals surface area contributed by atoms with Gasteiger partial charge in [0.05, 0.1) is 5.52 Å². The Bertz CT molecular complexity index is 1020. The lowest BCUT2D eigenvalue weighted by molar-refractivity contribution is 0.0928. The largest absolute Gasteiger partial charge is 0.433 e. The normalized spacial score (nSPS) is 11.2. The molecule has 1 N–H and O–H groups in total. The second kappa shape index (κ2) is 6.09. The van der Waals surface area contributed by atoms with Gasteiger partial charge in [-0.05, 0) is 59.5 Å². The zero-order chi connectivity index (χ0) is 16.5. The molecule has 4 nitrogen and oxygen atoms in total. The molecule has 0 aliphatic rings. The smallest absolute Gasteiger partial charge is 0.287 e. The number of carbonyl (C=O) groups excluding carboxylic acids is 1. The first-order valence-corrected chi connectivity index (χ1v) is 8.73. The second-order valence-corrected chi connectivity index (χ2v) is 6.61. The molecule has 0 bridgehead atoms. The number of fused-ring (bicyclic) bond motifs is 2. The standard InChI is InChI=1S/C19H16N2O2S/c1-12-2-3-14-9-15-10-17(23-19(15)21-16(14)8-12)18(22)20-6-4-13-5-7-24-11-13/h2-3,5,7-11H,4,6H2,1H3,(H,20,22). The van der Waals surface area contributed by atoms with Crippen molar-refractivity contribution in [3.8, 4) is 0 Å². The van der Waals surface area contributed by atoms with E-state index in [4.69, 9.17) is 4.42 Å². The van der Waals surface area contributed by atoms with Gasteiger partial charge in [-0.2, -0.15) is 11.3 Å². The molecule has 1 aromatic carbocycles. The average molecular weight is 336 g/mol. The van der Waals surface area contributed by atoms with Crippen molar-refractivity contribution in [1.82, 2.24) is 10.3 Å². The molecule has 4 rings (SSSR count). The van der Waals surface area contributed by atoms with E-state index in [2.05, 4.69) is 21.7 Å². The molecule has 3 aromatic heterocycles. The minimum absolute atomic E-state index is 0.205. The van der Waals surface area contributed by atoms with E-state index in [-0.39, 0.29) is 5.91 Å². The van der Waals surface area contributed by atoms with Crippen LogP contribution < -0.4 is 5.32 Å². The maximum absolute atomic E-state index is 12.3. The topological polar surface area (TPSA) is 55.1 Å². The summed E-state index contributed by atoms with van der Waals surface area (Å²) in [6.07, 6.45) is 0.816. The fraction of sp³-hybridized carbons (Fsp3) is 0.158. The van der Waals surface area contributed by atoms with Gasteiger partial charge < -0.3 is 9.73 Å². The maximum Gasteiger partial charge on any atom is 0.287 e. The summed E-state index contributed by atoms with van der Waals surface area (Å²) in [4.78, 5) is 16.8. The molecule has 5 heteroatoms. The van der Waals surface area contributed by atoms with Crippen LogP contribution >= 0.6 is 11.3 Å². The minimum atomic E-state index is -0.205. The second-order valence-electron chi connectivity index (χ2n) is 5.83. The van der Waals surface area contributed by atoms with Crippen LogP contribution in [-0.4, -0.2) is 17.4 Å². The number of rotatable bonds is 4. The summed E-state index contributed by atoms with van der Waals surface area (Å²) >= 11 is 1.66. The summed E-state index contributed by atoms with van der Waals surface area (Å²) in [7, 11) is 0. The van der Waals surface area contributed by atoms with Crippen molar-refractivity contribution < 1.29 is 9.21 Å². The van der Waals surface area contributed by atoms with Crippen LogP contribution in [0.5, 0.6) is 0 Å². The van der Waals surface area contributed by atoms with E-state index in [1.807, 2.05) is 36.6 Å². The number of hydrogen-bond donors (Lipinski definition) is 1. The number of aryl methyl sites for hydroxylation is 1. The molecule has 120 valence electrons. The fourth-order valence-corrected chi connectivity index (χ4v) is 3.39. The van der Waals surface area contributed by atoms with Gasteiger partial charge in [-0.1, -0.05) is 12.1 Å². The third-order valence-corrected chi connectivity index (χ3v) is 4.69. The highest BCUT2D eigenvalue weighted by molar-refractivity contribution is 7.07. The number of aromatic nitrogens is 1.